The van der Waals surface area contributed by atoms with Crippen LogP contribution in [0.5, 0.6) is 0 Å². The molecular weight excluding hydrogens is 258 g/mol. The van der Waals surface area contributed by atoms with E-state index in [1.165, 1.54) is 22.4 Å². The van der Waals surface area contributed by atoms with E-state index in [9.17, 15) is 5.26 Å². The summed E-state index contributed by atoms with van der Waals surface area (Å²) in [5.74, 6) is 0. The number of allylic oxidation sites excluding steroid dienone is 2. The van der Waals surface area contributed by atoms with Crippen LogP contribution < -0.4 is 0 Å². The fourth-order valence-electron chi connectivity index (χ4n) is 2.80. The van der Waals surface area contributed by atoms with Crippen LogP contribution in [0, 0.1) is 22.7 Å². The highest BCUT2D eigenvalue weighted by Gasteiger charge is 2.10. The van der Waals surface area contributed by atoms with Crippen LogP contribution in [-0.4, -0.2) is 4.57 Å². The van der Waals surface area contributed by atoms with Gasteiger partial charge in [-0.05, 0) is 24.6 Å². The third kappa shape index (κ3) is 1.96. The molecule has 0 saturated heterocycles. The van der Waals surface area contributed by atoms with Gasteiger partial charge in [0.25, 0.3) is 0 Å². The van der Waals surface area contributed by atoms with Crippen LogP contribution in [0.3, 0.4) is 0 Å². The van der Waals surface area contributed by atoms with E-state index < -0.39 is 0 Å². The molecule has 2 aromatic carbocycles. The van der Waals surface area contributed by atoms with E-state index in [-0.39, 0.29) is 0 Å². The number of benzene rings is 2. The average molecular weight is 271 g/mol. The zero-order valence-corrected chi connectivity index (χ0v) is 11.7. The lowest BCUT2D eigenvalue weighted by Crippen LogP contribution is -1.93. The maximum Gasteiger partial charge on any atom is 0.101 e. The average Bonchev–Trinajstić information content (AvgIpc) is 2.85. The molecule has 0 aliphatic heterocycles. The van der Waals surface area contributed by atoms with Crippen molar-refractivity contribution in [1.29, 1.82) is 10.5 Å². The van der Waals surface area contributed by atoms with E-state index in [1.807, 2.05) is 36.4 Å². The van der Waals surface area contributed by atoms with Gasteiger partial charge in [0, 0.05) is 34.4 Å². The van der Waals surface area contributed by atoms with Crippen molar-refractivity contribution in [2.45, 2.75) is 13.5 Å². The zero-order valence-electron chi connectivity index (χ0n) is 11.7. The van der Waals surface area contributed by atoms with E-state index >= 15 is 0 Å². The second-order valence-corrected chi connectivity index (χ2v) is 4.79. The van der Waals surface area contributed by atoms with Crippen LogP contribution >= 0.6 is 0 Å². The molecule has 21 heavy (non-hydrogen) atoms. The number of aryl methyl sites for hydroxylation is 1. The van der Waals surface area contributed by atoms with Crippen LogP contribution in [-0.2, 0) is 6.54 Å². The maximum atomic E-state index is 9.17. The van der Waals surface area contributed by atoms with Gasteiger partial charge in [-0.2, -0.15) is 10.5 Å². The molecular formula is C18H13N3. The number of aromatic nitrogens is 1. The van der Waals surface area contributed by atoms with Crippen molar-refractivity contribution >= 4 is 27.4 Å². The molecule has 0 radical (unpaired) electrons. The molecule has 3 rings (SSSR count). The van der Waals surface area contributed by atoms with E-state index in [2.05, 4.69) is 29.7 Å². The SMILES string of the molecule is CCn1c2ccccc2c2ccc(/C(C#N)=C/C#N)cc21. The van der Waals surface area contributed by atoms with Crippen LogP contribution in [0.25, 0.3) is 27.4 Å². The minimum Gasteiger partial charge on any atom is -0.341 e. The van der Waals surface area contributed by atoms with Crippen molar-refractivity contribution in [3.05, 3.63) is 54.1 Å². The molecule has 0 amide bonds. The number of rotatable bonds is 2. The number of nitrogens with zero attached hydrogens (tertiary/aromatic N) is 3. The van der Waals surface area contributed by atoms with Crippen LogP contribution in [0.4, 0.5) is 0 Å². The molecule has 100 valence electrons. The Bertz CT molecular complexity index is 946. The summed E-state index contributed by atoms with van der Waals surface area (Å²) in [6, 6.07) is 18.2. The molecule has 3 heteroatoms. The predicted molar refractivity (Wildman–Crippen MR) is 84.3 cm³/mol. The van der Waals surface area contributed by atoms with Crippen molar-refractivity contribution in [3.63, 3.8) is 0 Å². The Labute approximate surface area is 122 Å². The highest BCUT2D eigenvalue weighted by molar-refractivity contribution is 6.08. The second-order valence-electron chi connectivity index (χ2n) is 4.79. The fraction of sp³-hybridized carbons (Fsp3) is 0.111. The third-order valence-corrected chi connectivity index (χ3v) is 3.73. The Hall–Kier alpha value is -3.04. The first kappa shape index (κ1) is 13.0. The normalized spacial score (nSPS) is 11.5. The predicted octanol–water partition coefficient (Wildman–Crippen LogP) is 4.24. The summed E-state index contributed by atoms with van der Waals surface area (Å²) in [5.41, 5.74) is 3.46. The van der Waals surface area contributed by atoms with Crippen LogP contribution in [0.1, 0.15) is 12.5 Å². The molecule has 0 aliphatic carbocycles. The summed E-state index contributed by atoms with van der Waals surface area (Å²) in [6.07, 6.45) is 1.29. The van der Waals surface area contributed by atoms with Crippen molar-refractivity contribution in [3.8, 4) is 12.1 Å². The molecule has 0 atom stereocenters. The van der Waals surface area contributed by atoms with Gasteiger partial charge in [0.15, 0.2) is 0 Å². The Morgan fingerprint density at radius 2 is 1.86 bits per heavy atom. The topological polar surface area (TPSA) is 52.5 Å². The monoisotopic (exact) mass is 271 g/mol. The number of para-hydroxylation sites is 1. The molecule has 3 aromatic rings. The van der Waals surface area contributed by atoms with Gasteiger partial charge in [0.05, 0.1) is 11.6 Å². The lowest BCUT2D eigenvalue weighted by Gasteiger charge is -2.04. The van der Waals surface area contributed by atoms with Crippen LogP contribution in [0.2, 0.25) is 0 Å². The summed E-state index contributed by atoms with van der Waals surface area (Å²) in [4.78, 5) is 0. The Balaban J connectivity index is 2.37. The molecule has 0 aliphatic rings. The number of nitriles is 2. The first-order chi connectivity index (χ1) is 10.3. The second kappa shape index (κ2) is 5.15. The van der Waals surface area contributed by atoms with Gasteiger partial charge in [-0.25, -0.2) is 0 Å². The smallest absolute Gasteiger partial charge is 0.101 e. The van der Waals surface area contributed by atoms with Crippen LogP contribution in [0.15, 0.2) is 48.5 Å². The fourth-order valence-corrected chi connectivity index (χ4v) is 2.80. The van der Waals surface area contributed by atoms with Crippen molar-refractivity contribution < 1.29 is 0 Å². The van der Waals surface area contributed by atoms with E-state index in [0.29, 0.717) is 5.57 Å². The number of fused-ring (bicyclic) bond motifs is 3. The minimum atomic E-state index is 0.396. The maximum absolute atomic E-state index is 9.17. The lowest BCUT2D eigenvalue weighted by molar-refractivity contribution is 0.827. The summed E-state index contributed by atoms with van der Waals surface area (Å²) in [7, 11) is 0. The summed E-state index contributed by atoms with van der Waals surface area (Å²) in [6.45, 7) is 2.96. The molecule has 0 fully saturated rings. The van der Waals surface area contributed by atoms with E-state index in [4.69, 9.17) is 5.26 Å². The molecule has 3 nitrogen and oxygen atoms in total. The Kier molecular flexibility index (Phi) is 3.18. The number of hydrogen-bond acceptors (Lipinski definition) is 2. The van der Waals surface area contributed by atoms with E-state index in [1.54, 1.807) is 0 Å². The largest absolute Gasteiger partial charge is 0.341 e. The summed E-state index contributed by atoms with van der Waals surface area (Å²) >= 11 is 0. The quantitative estimate of drug-likeness (QED) is 0.654. The van der Waals surface area contributed by atoms with Gasteiger partial charge in [-0.1, -0.05) is 30.3 Å². The molecule has 0 spiro atoms. The van der Waals surface area contributed by atoms with Gasteiger partial charge in [-0.15, -0.1) is 0 Å². The highest BCUT2D eigenvalue weighted by atomic mass is 15.0. The van der Waals surface area contributed by atoms with Gasteiger partial charge in [-0.3, -0.25) is 0 Å². The molecule has 0 bridgehead atoms. The number of hydrogen-bond donors (Lipinski definition) is 0. The van der Waals surface area contributed by atoms with E-state index in [0.717, 1.165) is 17.6 Å². The van der Waals surface area contributed by atoms with Crippen molar-refractivity contribution in [2.24, 2.45) is 0 Å². The van der Waals surface area contributed by atoms with Gasteiger partial charge in [0.2, 0.25) is 0 Å². The van der Waals surface area contributed by atoms with Gasteiger partial charge < -0.3 is 4.57 Å². The Morgan fingerprint density at radius 3 is 2.57 bits per heavy atom. The van der Waals surface area contributed by atoms with Crippen molar-refractivity contribution in [1.82, 2.24) is 4.57 Å². The summed E-state index contributed by atoms with van der Waals surface area (Å²) < 4.78 is 2.23. The lowest BCUT2D eigenvalue weighted by atomic mass is 10.0. The standard InChI is InChI=1S/C18H13N3/c1-2-21-17-6-4-3-5-15(17)16-8-7-13(11-18(16)21)14(12-20)9-10-19/h3-9,11H,2H2,1H3/b14-9+. The molecule has 0 N–H and O–H groups in total. The van der Waals surface area contributed by atoms with Crippen molar-refractivity contribution in [2.75, 3.05) is 0 Å². The first-order valence-electron chi connectivity index (χ1n) is 6.81. The minimum absolute atomic E-state index is 0.396. The highest BCUT2D eigenvalue weighted by Crippen LogP contribution is 2.30. The molecule has 0 unspecified atom stereocenters. The third-order valence-electron chi connectivity index (χ3n) is 3.73. The van der Waals surface area contributed by atoms with Gasteiger partial charge in [0.1, 0.15) is 6.07 Å². The molecule has 1 heterocycles. The van der Waals surface area contributed by atoms with Gasteiger partial charge >= 0.3 is 0 Å². The molecule has 1 aromatic heterocycles. The molecule has 0 saturated carbocycles. The Morgan fingerprint density at radius 1 is 1.10 bits per heavy atom. The zero-order chi connectivity index (χ0) is 14.8. The first-order valence-corrected chi connectivity index (χ1v) is 6.81. The summed E-state index contributed by atoms with van der Waals surface area (Å²) in [5, 5.41) is 20.3.